The van der Waals surface area contributed by atoms with Gasteiger partial charge in [-0.2, -0.15) is 0 Å². The Morgan fingerprint density at radius 1 is 0.900 bits per heavy atom. The van der Waals surface area contributed by atoms with Crippen LogP contribution in [0.4, 0.5) is 0 Å². The summed E-state index contributed by atoms with van der Waals surface area (Å²) in [7, 11) is 0. The van der Waals surface area contributed by atoms with Gasteiger partial charge in [0.1, 0.15) is 18.1 Å². The van der Waals surface area contributed by atoms with Crippen molar-refractivity contribution in [2.45, 2.75) is 33.8 Å². The number of hydrogen-bond donors (Lipinski definition) is 1. The zero-order valence-corrected chi connectivity index (χ0v) is 17.9. The van der Waals surface area contributed by atoms with E-state index in [9.17, 15) is 4.79 Å². The quantitative estimate of drug-likeness (QED) is 0.531. The molecule has 3 aromatic carbocycles. The van der Waals surface area contributed by atoms with E-state index in [0.29, 0.717) is 25.3 Å². The highest BCUT2D eigenvalue weighted by Crippen LogP contribution is 2.24. The van der Waals surface area contributed by atoms with E-state index in [1.807, 2.05) is 63.2 Å². The Kier molecular flexibility index (Phi) is 7.50. The first-order valence-corrected chi connectivity index (χ1v) is 10.3. The molecule has 1 amide bonds. The fraction of sp³-hybridized carbons (Fsp3) is 0.269. The number of ether oxygens (including phenoxy) is 2. The van der Waals surface area contributed by atoms with Crippen molar-refractivity contribution < 1.29 is 14.3 Å². The third-order valence-corrected chi connectivity index (χ3v) is 4.75. The van der Waals surface area contributed by atoms with E-state index in [1.165, 1.54) is 5.56 Å². The van der Waals surface area contributed by atoms with Crippen LogP contribution < -0.4 is 14.8 Å². The minimum absolute atomic E-state index is 0.0957. The molecular weight excluding hydrogens is 374 g/mol. The SMILES string of the molecule is CCOc1ccc(C(=O)NCCc2ccccc2)cc1COc1cc(C)cc(C)c1. The fourth-order valence-corrected chi connectivity index (χ4v) is 3.37. The summed E-state index contributed by atoms with van der Waals surface area (Å²) in [6.07, 6.45) is 0.798. The minimum atomic E-state index is -0.0957. The number of amides is 1. The van der Waals surface area contributed by atoms with Gasteiger partial charge in [0.2, 0.25) is 0 Å². The van der Waals surface area contributed by atoms with Gasteiger partial charge in [0.05, 0.1) is 6.61 Å². The zero-order valence-electron chi connectivity index (χ0n) is 17.9. The molecule has 0 atom stereocenters. The van der Waals surface area contributed by atoms with Crippen LogP contribution in [-0.2, 0) is 13.0 Å². The molecule has 4 heteroatoms. The van der Waals surface area contributed by atoms with Gasteiger partial charge in [-0.25, -0.2) is 0 Å². The van der Waals surface area contributed by atoms with Crippen molar-refractivity contribution in [3.05, 3.63) is 94.5 Å². The van der Waals surface area contributed by atoms with Crippen LogP contribution >= 0.6 is 0 Å². The van der Waals surface area contributed by atoms with Crippen LogP contribution in [0.1, 0.15) is 39.5 Å². The summed E-state index contributed by atoms with van der Waals surface area (Å²) in [5, 5.41) is 2.99. The number of aryl methyl sites for hydroxylation is 2. The fourth-order valence-electron chi connectivity index (χ4n) is 3.37. The van der Waals surface area contributed by atoms with Crippen LogP contribution in [0.15, 0.2) is 66.7 Å². The molecule has 0 saturated heterocycles. The van der Waals surface area contributed by atoms with Gasteiger partial charge in [-0.1, -0.05) is 36.4 Å². The van der Waals surface area contributed by atoms with E-state index in [2.05, 4.69) is 23.5 Å². The maximum Gasteiger partial charge on any atom is 0.251 e. The van der Waals surface area contributed by atoms with E-state index in [-0.39, 0.29) is 5.91 Å². The summed E-state index contributed by atoms with van der Waals surface area (Å²) >= 11 is 0. The molecule has 0 fully saturated rings. The topological polar surface area (TPSA) is 47.6 Å². The third kappa shape index (κ3) is 6.11. The Hall–Kier alpha value is -3.27. The first-order chi connectivity index (χ1) is 14.5. The van der Waals surface area contributed by atoms with Crippen molar-refractivity contribution in [3.63, 3.8) is 0 Å². The normalized spacial score (nSPS) is 10.5. The molecule has 0 heterocycles. The van der Waals surface area contributed by atoms with E-state index in [4.69, 9.17) is 9.47 Å². The summed E-state index contributed by atoms with van der Waals surface area (Å²) in [6, 6.07) is 21.7. The van der Waals surface area contributed by atoms with Crippen molar-refractivity contribution in [2.75, 3.05) is 13.2 Å². The molecule has 0 spiro atoms. The molecule has 3 rings (SSSR count). The molecule has 30 heavy (non-hydrogen) atoms. The highest BCUT2D eigenvalue weighted by atomic mass is 16.5. The maximum atomic E-state index is 12.6. The number of rotatable bonds is 9. The van der Waals surface area contributed by atoms with Crippen molar-refractivity contribution in [2.24, 2.45) is 0 Å². The lowest BCUT2D eigenvalue weighted by molar-refractivity contribution is 0.0954. The number of carbonyl (C=O) groups is 1. The summed E-state index contributed by atoms with van der Waals surface area (Å²) < 4.78 is 11.7. The Balaban J connectivity index is 1.67. The summed E-state index contributed by atoms with van der Waals surface area (Å²) in [5.41, 5.74) is 4.97. The van der Waals surface area contributed by atoms with Gasteiger partial charge in [0.25, 0.3) is 5.91 Å². The van der Waals surface area contributed by atoms with Crippen molar-refractivity contribution in [1.29, 1.82) is 0 Å². The molecule has 0 aliphatic carbocycles. The predicted molar refractivity (Wildman–Crippen MR) is 120 cm³/mol. The van der Waals surface area contributed by atoms with Crippen molar-refractivity contribution >= 4 is 5.91 Å². The molecular formula is C26H29NO3. The molecule has 156 valence electrons. The van der Waals surface area contributed by atoms with Gasteiger partial charge in [0, 0.05) is 17.7 Å². The Morgan fingerprint density at radius 3 is 2.33 bits per heavy atom. The lowest BCUT2D eigenvalue weighted by Crippen LogP contribution is -2.25. The minimum Gasteiger partial charge on any atom is -0.493 e. The molecule has 3 aromatic rings. The molecule has 0 saturated carbocycles. The van der Waals surface area contributed by atoms with Gasteiger partial charge in [-0.3, -0.25) is 4.79 Å². The largest absolute Gasteiger partial charge is 0.493 e. The zero-order chi connectivity index (χ0) is 21.3. The van der Waals surface area contributed by atoms with Crippen molar-refractivity contribution in [1.82, 2.24) is 5.32 Å². The van der Waals surface area contributed by atoms with Crippen LogP contribution in [0.25, 0.3) is 0 Å². The molecule has 0 bridgehead atoms. The molecule has 0 aromatic heterocycles. The second-order valence-electron chi connectivity index (χ2n) is 7.36. The molecule has 1 N–H and O–H groups in total. The third-order valence-electron chi connectivity index (χ3n) is 4.75. The Morgan fingerprint density at radius 2 is 1.63 bits per heavy atom. The van der Waals surface area contributed by atoms with E-state index in [1.54, 1.807) is 6.07 Å². The summed E-state index contributed by atoms with van der Waals surface area (Å²) in [5.74, 6) is 1.46. The summed E-state index contributed by atoms with van der Waals surface area (Å²) in [4.78, 5) is 12.6. The lowest BCUT2D eigenvalue weighted by Gasteiger charge is -2.14. The standard InChI is InChI=1S/C26H29NO3/c1-4-29-25-11-10-22(26(28)27-13-12-21-8-6-5-7-9-21)17-23(25)18-30-24-15-19(2)14-20(3)16-24/h5-11,14-17H,4,12-13,18H2,1-3H3,(H,27,28). The van der Waals surface area contributed by atoms with Crippen molar-refractivity contribution in [3.8, 4) is 11.5 Å². The molecule has 0 aliphatic rings. The first kappa shape index (κ1) is 21.4. The maximum absolute atomic E-state index is 12.6. The van der Waals surface area contributed by atoms with Gasteiger partial charge in [-0.05, 0) is 74.2 Å². The van der Waals surface area contributed by atoms with Crippen LogP contribution in [0.5, 0.6) is 11.5 Å². The predicted octanol–water partition coefficient (Wildman–Crippen LogP) is 5.25. The molecule has 0 unspecified atom stereocenters. The first-order valence-electron chi connectivity index (χ1n) is 10.3. The van der Waals surface area contributed by atoms with Crippen LogP contribution in [-0.4, -0.2) is 19.1 Å². The average molecular weight is 404 g/mol. The molecule has 0 aliphatic heterocycles. The molecule has 4 nitrogen and oxygen atoms in total. The van der Waals surface area contributed by atoms with Crippen LogP contribution in [0, 0.1) is 13.8 Å². The number of carbonyl (C=O) groups excluding carboxylic acids is 1. The number of benzene rings is 3. The van der Waals surface area contributed by atoms with Gasteiger partial charge >= 0.3 is 0 Å². The van der Waals surface area contributed by atoms with Crippen LogP contribution in [0.2, 0.25) is 0 Å². The smallest absolute Gasteiger partial charge is 0.251 e. The monoisotopic (exact) mass is 403 g/mol. The van der Waals surface area contributed by atoms with E-state index < -0.39 is 0 Å². The van der Waals surface area contributed by atoms with Gasteiger partial charge in [-0.15, -0.1) is 0 Å². The Bertz CT molecular complexity index is 963. The lowest BCUT2D eigenvalue weighted by atomic mass is 10.1. The highest BCUT2D eigenvalue weighted by Gasteiger charge is 2.11. The van der Waals surface area contributed by atoms with Crippen LogP contribution in [0.3, 0.4) is 0 Å². The van der Waals surface area contributed by atoms with E-state index >= 15 is 0 Å². The number of hydrogen-bond acceptors (Lipinski definition) is 3. The molecule has 0 radical (unpaired) electrons. The van der Waals surface area contributed by atoms with Gasteiger partial charge < -0.3 is 14.8 Å². The highest BCUT2D eigenvalue weighted by molar-refractivity contribution is 5.94. The average Bonchev–Trinajstić information content (AvgIpc) is 2.73. The Labute approximate surface area is 178 Å². The summed E-state index contributed by atoms with van der Waals surface area (Å²) in [6.45, 7) is 7.52. The van der Waals surface area contributed by atoms with E-state index in [0.717, 1.165) is 34.6 Å². The second kappa shape index (κ2) is 10.5. The number of nitrogens with one attached hydrogen (secondary N) is 1. The second-order valence-corrected chi connectivity index (χ2v) is 7.36. The van der Waals surface area contributed by atoms with Gasteiger partial charge in [0.15, 0.2) is 0 Å².